The second kappa shape index (κ2) is 5.07. The third kappa shape index (κ3) is 2.41. The Kier molecular flexibility index (Phi) is 3.23. The molecular weight excluding hydrogens is 292 g/mol. The molecule has 0 spiro atoms. The number of hydrogen-bond acceptors (Lipinski definition) is 4. The topological polar surface area (TPSA) is 67.5 Å². The summed E-state index contributed by atoms with van der Waals surface area (Å²) in [6.45, 7) is 0. The molecule has 1 aromatic heterocycles. The van der Waals surface area contributed by atoms with E-state index < -0.39 is 5.78 Å². The summed E-state index contributed by atoms with van der Waals surface area (Å²) in [5.41, 5.74) is 0.524. The summed E-state index contributed by atoms with van der Waals surface area (Å²) in [5.74, 6) is -0.579. The fraction of sp³-hybridized carbons (Fsp3) is 0. The zero-order valence-electron chi connectivity index (χ0n) is 10.7. The van der Waals surface area contributed by atoms with Crippen LogP contribution in [0.15, 0.2) is 57.9 Å². The van der Waals surface area contributed by atoms with Gasteiger partial charge in [0, 0.05) is 16.7 Å². The third-order valence-electron chi connectivity index (χ3n) is 3.12. The van der Waals surface area contributed by atoms with Crippen LogP contribution in [0.4, 0.5) is 0 Å². The number of carbonyl (C=O) groups excluding carboxylic acids is 1. The Labute approximate surface area is 124 Å². The van der Waals surface area contributed by atoms with Crippen molar-refractivity contribution in [3.63, 3.8) is 0 Å². The maximum absolute atomic E-state index is 12.4. The van der Waals surface area contributed by atoms with Crippen LogP contribution in [0, 0.1) is 0 Å². The fourth-order valence-corrected chi connectivity index (χ4v) is 2.24. The molecule has 0 aliphatic rings. The van der Waals surface area contributed by atoms with Gasteiger partial charge in [0.2, 0.25) is 0 Å². The van der Waals surface area contributed by atoms with Gasteiger partial charge in [-0.3, -0.25) is 9.59 Å². The zero-order valence-corrected chi connectivity index (χ0v) is 11.4. The van der Waals surface area contributed by atoms with Crippen molar-refractivity contribution in [2.45, 2.75) is 0 Å². The number of fused-ring (bicyclic) bond motifs is 1. The second-order valence-electron chi connectivity index (χ2n) is 4.49. The van der Waals surface area contributed by atoms with Gasteiger partial charge in [-0.2, -0.15) is 0 Å². The summed E-state index contributed by atoms with van der Waals surface area (Å²) in [4.78, 5) is 24.2. The molecule has 0 unspecified atom stereocenters. The van der Waals surface area contributed by atoms with E-state index in [0.717, 1.165) is 0 Å². The number of aromatic hydroxyl groups is 1. The maximum atomic E-state index is 12.4. The first-order valence-electron chi connectivity index (χ1n) is 6.11. The van der Waals surface area contributed by atoms with Crippen LogP contribution in [0.2, 0.25) is 5.02 Å². The van der Waals surface area contributed by atoms with E-state index in [-0.39, 0.29) is 22.3 Å². The number of halogens is 1. The third-order valence-corrected chi connectivity index (χ3v) is 3.36. The largest absolute Gasteiger partial charge is 0.507 e. The monoisotopic (exact) mass is 300 g/mol. The number of rotatable bonds is 2. The lowest BCUT2D eigenvalue weighted by molar-refractivity contribution is 0.103. The Balaban J connectivity index is 2.16. The van der Waals surface area contributed by atoms with Crippen LogP contribution in [0.25, 0.3) is 11.0 Å². The summed E-state index contributed by atoms with van der Waals surface area (Å²) in [7, 11) is 0. The molecule has 1 heterocycles. The van der Waals surface area contributed by atoms with E-state index in [1.807, 2.05) is 0 Å². The average Bonchev–Trinajstić information content (AvgIpc) is 2.49. The van der Waals surface area contributed by atoms with E-state index in [1.165, 1.54) is 42.7 Å². The minimum atomic E-state index is -0.417. The zero-order chi connectivity index (χ0) is 15.0. The molecule has 0 fully saturated rings. The summed E-state index contributed by atoms with van der Waals surface area (Å²) in [6, 6.07) is 10.0. The van der Waals surface area contributed by atoms with E-state index in [0.29, 0.717) is 16.0 Å². The van der Waals surface area contributed by atoms with Crippen LogP contribution in [0.1, 0.15) is 15.9 Å². The van der Waals surface area contributed by atoms with E-state index in [9.17, 15) is 14.7 Å². The standard InChI is InChI=1S/C16H9ClO4/c17-10-2-3-13(18)12(8-10)16(20)9-1-4-15-11(7-9)14(19)5-6-21-15/h1-8,18H. The molecule has 0 atom stereocenters. The summed E-state index contributed by atoms with van der Waals surface area (Å²) < 4.78 is 5.19. The Morgan fingerprint density at radius 3 is 2.71 bits per heavy atom. The van der Waals surface area contributed by atoms with Crippen molar-refractivity contribution >= 4 is 28.4 Å². The highest BCUT2D eigenvalue weighted by atomic mass is 35.5. The first kappa shape index (κ1) is 13.4. The Morgan fingerprint density at radius 2 is 1.90 bits per heavy atom. The summed E-state index contributed by atoms with van der Waals surface area (Å²) in [5, 5.41) is 10.4. The number of hydrogen-bond donors (Lipinski definition) is 1. The number of ketones is 1. The van der Waals surface area contributed by atoms with Crippen LogP contribution in [0.3, 0.4) is 0 Å². The molecule has 4 nitrogen and oxygen atoms in total. The molecular formula is C16H9ClO4. The Morgan fingerprint density at radius 1 is 1.10 bits per heavy atom. The molecule has 0 aliphatic heterocycles. The minimum absolute atomic E-state index is 0.0853. The van der Waals surface area contributed by atoms with Gasteiger partial charge < -0.3 is 9.52 Å². The molecule has 3 aromatic rings. The molecule has 0 saturated carbocycles. The van der Waals surface area contributed by atoms with Crippen molar-refractivity contribution in [1.82, 2.24) is 0 Å². The average molecular weight is 301 g/mol. The fourth-order valence-electron chi connectivity index (χ4n) is 2.07. The van der Waals surface area contributed by atoms with Gasteiger partial charge in [-0.1, -0.05) is 11.6 Å². The highest BCUT2D eigenvalue weighted by Gasteiger charge is 2.15. The van der Waals surface area contributed by atoms with Crippen molar-refractivity contribution in [3.05, 3.63) is 75.1 Å². The van der Waals surface area contributed by atoms with Gasteiger partial charge in [0.25, 0.3) is 0 Å². The molecule has 0 bridgehead atoms. The Bertz CT molecular complexity index is 912. The molecule has 0 radical (unpaired) electrons. The van der Waals surface area contributed by atoms with E-state index in [1.54, 1.807) is 6.07 Å². The Hall–Kier alpha value is -2.59. The molecule has 0 saturated heterocycles. The molecule has 3 rings (SSSR count). The quantitative estimate of drug-likeness (QED) is 0.737. The first-order chi connectivity index (χ1) is 10.1. The summed E-state index contributed by atoms with van der Waals surface area (Å²) in [6.07, 6.45) is 1.30. The van der Waals surface area contributed by atoms with Gasteiger partial charge in [0.1, 0.15) is 11.3 Å². The molecule has 0 amide bonds. The summed E-state index contributed by atoms with van der Waals surface area (Å²) >= 11 is 5.84. The van der Waals surface area contributed by atoms with Gasteiger partial charge in [-0.25, -0.2) is 0 Å². The van der Waals surface area contributed by atoms with Gasteiger partial charge in [-0.05, 0) is 36.4 Å². The van der Waals surface area contributed by atoms with E-state index in [4.69, 9.17) is 16.0 Å². The second-order valence-corrected chi connectivity index (χ2v) is 4.92. The highest BCUT2D eigenvalue weighted by Crippen LogP contribution is 2.25. The van der Waals surface area contributed by atoms with Crippen molar-refractivity contribution in [2.75, 3.05) is 0 Å². The lowest BCUT2D eigenvalue weighted by Gasteiger charge is -2.05. The molecule has 104 valence electrons. The van der Waals surface area contributed by atoms with Gasteiger partial charge in [0.05, 0.1) is 17.2 Å². The van der Waals surface area contributed by atoms with Gasteiger partial charge in [0.15, 0.2) is 11.2 Å². The number of phenolic OH excluding ortho intramolecular Hbond substituents is 1. The SMILES string of the molecule is O=C(c1ccc2occc(=O)c2c1)c1cc(Cl)ccc1O. The van der Waals surface area contributed by atoms with Crippen LogP contribution < -0.4 is 5.43 Å². The number of phenols is 1. The first-order valence-corrected chi connectivity index (χ1v) is 6.49. The minimum Gasteiger partial charge on any atom is -0.507 e. The van der Waals surface area contributed by atoms with Crippen LogP contribution >= 0.6 is 11.6 Å². The highest BCUT2D eigenvalue weighted by molar-refractivity contribution is 6.31. The predicted octanol–water partition coefficient (Wildman–Crippen LogP) is 3.38. The van der Waals surface area contributed by atoms with Crippen LogP contribution in [0.5, 0.6) is 5.75 Å². The van der Waals surface area contributed by atoms with Crippen LogP contribution in [-0.4, -0.2) is 10.9 Å². The smallest absolute Gasteiger partial charge is 0.196 e. The number of carbonyl (C=O) groups is 1. The van der Waals surface area contributed by atoms with Crippen molar-refractivity contribution in [3.8, 4) is 5.75 Å². The maximum Gasteiger partial charge on any atom is 0.196 e. The molecule has 2 aromatic carbocycles. The lowest BCUT2D eigenvalue weighted by atomic mass is 10.0. The van der Waals surface area contributed by atoms with E-state index >= 15 is 0 Å². The molecule has 21 heavy (non-hydrogen) atoms. The van der Waals surface area contributed by atoms with Crippen molar-refractivity contribution < 1.29 is 14.3 Å². The predicted molar refractivity (Wildman–Crippen MR) is 79.0 cm³/mol. The molecule has 5 heteroatoms. The number of benzene rings is 2. The van der Waals surface area contributed by atoms with Gasteiger partial charge in [-0.15, -0.1) is 0 Å². The van der Waals surface area contributed by atoms with Crippen molar-refractivity contribution in [1.29, 1.82) is 0 Å². The lowest BCUT2D eigenvalue weighted by Crippen LogP contribution is -2.04. The molecule has 0 aliphatic carbocycles. The van der Waals surface area contributed by atoms with E-state index in [2.05, 4.69) is 0 Å². The molecule has 1 N–H and O–H groups in total. The van der Waals surface area contributed by atoms with Gasteiger partial charge >= 0.3 is 0 Å². The van der Waals surface area contributed by atoms with Crippen LogP contribution in [-0.2, 0) is 0 Å². The van der Waals surface area contributed by atoms with Crippen molar-refractivity contribution in [2.24, 2.45) is 0 Å². The normalized spacial score (nSPS) is 10.7.